The Bertz CT molecular complexity index is 517. The van der Waals surface area contributed by atoms with Crippen LogP contribution in [-0.4, -0.2) is 11.8 Å². The number of hydrogen-bond donors (Lipinski definition) is 1. The fourth-order valence-electron chi connectivity index (χ4n) is 3.11. The maximum Gasteiger partial charge on any atom is 0.237 e. The molecule has 0 aromatic heterocycles. The van der Waals surface area contributed by atoms with E-state index >= 15 is 0 Å². The lowest BCUT2D eigenvalue weighted by Gasteiger charge is -2.18. The van der Waals surface area contributed by atoms with E-state index in [1.807, 2.05) is 13.0 Å². The van der Waals surface area contributed by atoms with Gasteiger partial charge in [-0.25, -0.2) is 4.90 Å². The number of anilines is 2. The minimum Gasteiger partial charge on any atom is -0.397 e. The van der Waals surface area contributed by atoms with Crippen molar-refractivity contribution in [1.82, 2.24) is 0 Å². The molecule has 1 aromatic carbocycles. The van der Waals surface area contributed by atoms with E-state index in [4.69, 9.17) is 5.73 Å². The topological polar surface area (TPSA) is 63.4 Å². The SMILES string of the molecule is Cc1ccc(N2C(=O)C3CCCC3C2=O)c(N)c1. The predicted octanol–water partition coefficient (Wildman–Crippen LogP) is 1.87. The lowest BCUT2D eigenvalue weighted by molar-refractivity contribution is -0.122. The Morgan fingerprint density at radius 2 is 1.78 bits per heavy atom. The third-order valence-corrected chi connectivity index (χ3v) is 4.02. The molecule has 3 rings (SSSR count). The summed E-state index contributed by atoms with van der Waals surface area (Å²) in [5.41, 5.74) is 8.00. The van der Waals surface area contributed by atoms with Gasteiger partial charge in [-0.15, -0.1) is 0 Å². The van der Waals surface area contributed by atoms with Crippen molar-refractivity contribution in [3.05, 3.63) is 23.8 Å². The average Bonchev–Trinajstić information content (AvgIpc) is 2.87. The smallest absolute Gasteiger partial charge is 0.237 e. The molecule has 2 aliphatic rings. The van der Waals surface area contributed by atoms with Crippen LogP contribution in [0.1, 0.15) is 24.8 Å². The van der Waals surface area contributed by atoms with Gasteiger partial charge in [0.05, 0.1) is 23.2 Å². The number of aryl methyl sites for hydroxylation is 1. The van der Waals surface area contributed by atoms with Crippen LogP contribution in [0.25, 0.3) is 0 Å². The number of carbonyl (C=O) groups excluding carboxylic acids is 2. The van der Waals surface area contributed by atoms with Crippen molar-refractivity contribution in [2.75, 3.05) is 10.6 Å². The van der Waals surface area contributed by atoms with Crippen molar-refractivity contribution in [3.63, 3.8) is 0 Å². The lowest BCUT2D eigenvalue weighted by Crippen LogP contribution is -2.32. The number of nitrogen functional groups attached to an aromatic ring is 1. The normalized spacial score (nSPS) is 26.8. The highest BCUT2D eigenvalue weighted by Crippen LogP contribution is 2.42. The maximum atomic E-state index is 12.3. The van der Waals surface area contributed by atoms with Gasteiger partial charge in [-0.1, -0.05) is 12.5 Å². The fraction of sp³-hybridized carbons (Fsp3) is 0.429. The van der Waals surface area contributed by atoms with E-state index in [2.05, 4.69) is 0 Å². The summed E-state index contributed by atoms with van der Waals surface area (Å²) in [6, 6.07) is 5.44. The summed E-state index contributed by atoms with van der Waals surface area (Å²) in [6.45, 7) is 1.93. The number of nitrogens with two attached hydrogens (primary N) is 1. The molecule has 4 heteroatoms. The van der Waals surface area contributed by atoms with E-state index in [-0.39, 0.29) is 23.7 Å². The number of nitrogens with zero attached hydrogens (tertiary/aromatic N) is 1. The number of rotatable bonds is 1. The molecule has 2 N–H and O–H groups in total. The standard InChI is InChI=1S/C14H16N2O2/c1-8-5-6-12(11(15)7-8)16-13(17)9-3-2-4-10(9)14(16)18/h5-7,9-10H,2-4,15H2,1H3. The Morgan fingerprint density at radius 3 is 2.33 bits per heavy atom. The highest BCUT2D eigenvalue weighted by Gasteiger charge is 2.50. The van der Waals surface area contributed by atoms with Gasteiger partial charge in [0.25, 0.3) is 0 Å². The molecule has 18 heavy (non-hydrogen) atoms. The van der Waals surface area contributed by atoms with E-state index in [0.29, 0.717) is 11.4 Å². The molecule has 0 bridgehead atoms. The number of imide groups is 1. The van der Waals surface area contributed by atoms with E-state index in [1.54, 1.807) is 12.1 Å². The van der Waals surface area contributed by atoms with Crippen LogP contribution in [0, 0.1) is 18.8 Å². The van der Waals surface area contributed by atoms with Gasteiger partial charge in [0.15, 0.2) is 0 Å². The number of fused-ring (bicyclic) bond motifs is 1. The van der Waals surface area contributed by atoms with Crippen LogP contribution in [0.5, 0.6) is 0 Å². The molecule has 2 fully saturated rings. The van der Waals surface area contributed by atoms with Crippen LogP contribution in [0.4, 0.5) is 11.4 Å². The zero-order chi connectivity index (χ0) is 12.9. The van der Waals surface area contributed by atoms with E-state index in [9.17, 15) is 9.59 Å². The van der Waals surface area contributed by atoms with E-state index < -0.39 is 0 Å². The summed E-state index contributed by atoms with van der Waals surface area (Å²) in [6.07, 6.45) is 2.64. The van der Waals surface area contributed by atoms with Crippen LogP contribution in [0.15, 0.2) is 18.2 Å². The first kappa shape index (κ1) is 11.3. The lowest BCUT2D eigenvalue weighted by atomic mass is 10.00. The number of hydrogen-bond acceptors (Lipinski definition) is 3. The summed E-state index contributed by atoms with van der Waals surface area (Å²) in [4.78, 5) is 25.9. The third-order valence-electron chi connectivity index (χ3n) is 4.02. The summed E-state index contributed by atoms with van der Waals surface area (Å²) in [5, 5.41) is 0. The molecule has 0 spiro atoms. The van der Waals surface area contributed by atoms with Crippen LogP contribution in [0.3, 0.4) is 0 Å². The van der Waals surface area contributed by atoms with Gasteiger partial charge in [-0.3, -0.25) is 9.59 Å². The molecule has 1 saturated heterocycles. The van der Waals surface area contributed by atoms with Crippen LogP contribution < -0.4 is 10.6 Å². The molecule has 1 heterocycles. The molecular formula is C14H16N2O2. The predicted molar refractivity (Wildman–Crippen MR) is 68.9 cm³/mol. The molecule has 0 radical (unpaired) electrons. The van der Waals surface area contributed by atoms with Crippen LogP contribution in [0.2, 0.25) is 0 Å². The van der Waals surface area contributed by atoms with Crippen molar-refractivity contribution in [3.8, 4) is 0 Å². The van der Waals surface area contributed by atoms with Gasteiger partial charge in [0.2, 0.25) is 11.8 Å². The molecule has 2 unspecified atom stereocenters. The summed E-state index contributed by atoms with van der Waals surface area (Å²) < 4.78 is 0. The molecule has 4 nitrogen and oxygen atoms in total. The van der Waals surface area contributed by atoms with E-state index in [0.717, 1.165) is 24.8 Å². The van der Waals surface area contributed by atoms with Gasteiger partial charge < -0.3 is 5.73 Å². The van der Waals surface area contributed by atoms with Crippen molar-refractivity contribution in [1.29, 1.82) is 0 Å². The second-order valence-electron chi connectivity index (χ2n) is 5.22. The Balaban J connectivity index is 2.02. The van der Waals surface area contributed by atoms with Crippen LogP contribution in [-0.2, 0) is 9.59 Å². The van der Waals surface area contributed by atoms with Crippen LogP contribution >= 0.6 is 0 Å². The molecule has 2 amide bonds. The van der Waals surface area contributed by atoms with Gasteiger partial charge >= 0.3 is 0 Å². The molecule has 1 aliphatic heterocycles. The monoisotopic (exact) mass is 244 g/mol. The van der Waals surface area contributed by atoms with Crippen molar-refractivity contribution >= 4 is 23.2 Å². The van der Waals surface area contributed by atoms with Crippen molar-refractivity contribution in [2.45, 2.75) is 26.2 Å². The van der Waals surface area contributed by atoms with Gasteiger partial charge in [0.1, 0.15) is 0 Å². The van der Waals surface area contributed by atoms with Gasteiger partial charge in [-0.2, -0.15) is 0 Å². The Labute approximate surface area is 106 Å². The summed E-state index contributed by atoms with van der Waals surface area (Å²) >= 11 is 0. The molecule has 1 saturated carbocycles. The zero-order valence-electron chi connectivity index (χ0n) is 10.3. The Kier molecular flexibility index (Phi) is 2.40. The quantitative estimate of drug-likeness (QED) is 0.606. The summed E-state index contributed by atoms with van der Waals surface area (Å²) in [7, 11) is 0. The minimum absolute atomic E-state index is 0.0712. The maximum absolute atomic E-state index is 12.3. The fourth-order valence-corrected chi connectivity index (χ4v) is 3.11. The number of carbonyl (C=O) groups is 2. The Morgan fingerprint density at radius 1 is 1.17 bits per heavy atom. The number of benzene rings is 1. The molecule has 94 valence electrons. The first-order chi connectivity index (χ1) is 8.59. The minimum atomic E-state index is -0.113. The first-order valence-electron chi connectivity index (χ1n) is 6.33. The summed E-state index contributed by atoms with van der Waals surface area (Å²) in [5.74, 6) is -0.368. The molecule has 1 aromatic rings. The second-order valence-corrected chi connectivity index (χ2v) is 5.22. The van der Waals surface area contributed by atoms with Gasteiger partial charge in [0, 0.05) is 0 Å². The number of amides is 2. The highest BCUT2D eigenvalue weighted by atomic mass is 16.2. The highest BCUT2D eigenvalue weighted by molar-refractivity contribution is 6.23. The first-order valence-corrected chi connectivity index (χ1v) is 6.33. The molecule has 1 aliphatic carbocycles. The van der Waals surface area contributed by atoms with Crippen molar-refractivity contribution in [2.24, 2.45) is 11.8 Å². The van der Waals surface area contributed by atoms with Gasteiger partial charge in [-0.05, 0) is 37.5 Å². The zero-order valence-corrected chi connectivity index (χ0v) is 10.3. The average molecular weight is 244 g/mol. The second kappa shape index (κ2) is 3.83. The molecular weight excluding hydrogens is 228 g/mol. The third kappa shape index (κ3) is 1.45. The van der Waals surface area contributed by atoms with E-state index in [1.165, 1.54) is 4.90 Å². The van der Waals surface area contributed by atoms with Crippen molar-refractivity contribution < 1.29 is 9.59 Å². The largest absolute Gasteiger partial charge is 0.397 e. The molecule has 2 atom stereocenters. The Hall–Kier alpha value is -1.84.